The predicted octanol–water partition coefficient (Wildman–Crippen LogP) is 2.12. The van der Waals surface area contributed by atoms with E-state index in [4.69, 9.17) is 5.73 Å². The Morgan fingerprint density at radius 2 is 1.87 bits per heavy atom. The first-order valence-corrected chi connectivity index (χ1v) is 10.9. The van der Waals surface area contributed by atoms with Crippen LogP contribution < -0.4 is 21.7 Å². The van der Waals surface area contributed by atoms with Gasteiger partial charge in [-0.2, -0.15) is 0 Å². The number of nitrogens with one attached hydrogen (secondary N) is 4. The zero-order valence-corrected chi connectivity index (χ0v) is 18.7. The van der Waals surface area contributed by atoms with Crippen LogP contribution in [-0.4, -0.2) is 40.5 Å². The van der Waals surface area contributed by atoms with Crippen molar-refractivity contribution in [3.8, 4) is 0 Å². The summed E-state index contributed by atoms with van der Waals surface area (Å²) in [5, 5.41) is 9.67. The van der Waals surface area contributed by atoms with Crippen LogP contribution in [0.15, 0.2) is 24.3 Å². The smallest absolute Gasteiger partial charge is 0.315 e. The lowest BCUT2D eigenvalue weighted by Gasteiger charge is -2.38. The highest BCUT2D eigenvalue weighted by Crippen LogP contribution is 2.34. The maximum absolute atomic E-state index is 13.5. The summed E-state index contributed by atoms with van der Waals surface area (Å²) >= 11 is 0. The van der Waals surface area contributed by atoms with Crippen molar-refractivity contribution in [1.82, 2.24) is 20.9 Å². The molecule has 0 spiro atoms. The van der Waals surface area contributed by atoms with Crippen LogP contribution >= 0.6 is 0 Å². The van der Waals surface area contributed by atoms with Crippen molar-refractivity contribution in [2.75, 3.05) is 0 Å². The Labute approximate surface area is 182 Å². The summed E-state index contributed by atoms with van der Waals surface area (Å²) in [6.07, 6.45) is 2.12. The van der Waals surface area contributed by atoms with Gasteiger partial charge in [-0.1, -0.05) is 39.0 Å². The second-order valence-corrected chi connectivity index (χ2v) is 8.89. The van der Waals surface area contributed by atoms with E-state index in [2.05, 4.69) is 20.9 Å². The van der Waals surface area contributed by atoms with Crippen molar-refractivity contribution in [2.24, 2.45) is 11.7 Å². The lowest BCUT2D eigenvalue weighted by molar-refractivity contribution is -0.132. The van der Waals surface area contributed by atoms with Gasteiger partial charge >= 0.3 is 6.03 Å². The first kappa shape index (κ1) is 22.7. The molecular weight excluding hydrogens is 394 g/mol. The van der Waals surface area contributed by atoms with Crippen molar-refractivity contribution in [3.63, 3.8) is 0 Å². The number of H-pyrrole nitrogens is 1. The molecule has 3 atom stereocenters. The van der Waals surface area contributed by atoms with Crippen molar-refractivity contribution < 1.29 is 14.4 Å². The van der Waals surface area contributed by atoms with Gasteiger partial charge < -0.3 is 26.7 Å². The second kappa shape index (κ2) is 8.99. The van der Waals surface area contributed by atoms with Gasteiger partial charge in [0.05, 0.1) is 0 Å². The van der Waals surface area contributed by atoms with Gasteiger partial charge in [-0.15, -0.1) is 0 Å². The van der Waals surface area contributed by atoms with Crippen LogP contribution in [0.25, 0.3) is 10.9 Å². The number of hydrogen-bond donors (Lipinski definition) is 5. The van der Waals surface area contributed by atoms with Crippen molar-refractivity contribution in [1.29, 1.82) is 0 Å². The number of benzene rings is 1. The van der Waals surface area contributed by atoms with Gasteiger partial charge in [0.15, 0.2) is 0 Å². The number of aromatic nitrogens is 1. The molecule has 168 valence electrons. The van der Waals surface area contributed by atoms with E-state index in [9.17, 15) is 14.4 Å². The molecule has 1 aromatic heterocycles. The molecule has 8 heteroatoms. The molecule has 0 bridgehead atoms. The number of amides is 4. The maximum atomic E-state index is 13.5. The summed E-state index contributed by atoms with van der Waals surface area (Å²) in [7, 11) is 0. The molecule has 0 aliphatic heterocycles. The molecular formula is C23H33N5O3. The van der Waals surface area contributed by atoms with Crippen LogP contribution in [0.5, 0.6) is 0 Å². The van der Waals surface area contributed by atoms with Crippen LogP contribution in [0.1, 0.15) is 51.8 Å². The van der Waals surface area contributed by atoms with E-state index in [1.54, 1.807) is 0 Å². The van der Waals surface area contributed by atoms with Crippen molar-refractivity contribution in [2.45, 2.75) is 71.0 Å². The third-order valence-corrected chi connectivity index (χ3v) is 6.22. The fourth-order valence-electron chi connectivity index (χ4n) is 4.18. The molecule has 3 rings (SSSR count). The van der Waals surface area contributed by atoms with Gasteiger partial charge in [0.2, 0.25) is 11.8 Å². The number of aromatic amines is 1. The van der Waals surface area contributed by atoms with Gasteiger partial charge in [-0.25, -0.2) is 4.79 Å². The maximum Gasteiger partial charge on any atom is 0.315 e. The summed E-state index contributed by atoms with van der Waals surface area (Å²) in [5.74, 6) is -1.15. The van der Waals surface area contributed by atoms with E-state index in [1.807, 2.05) is 52.0 Å². The number of hydrogen-bond acceptors (Lipinski definition) is 3. The van der Waals surface area contributed by atoms with Crippen LogP contribution in [0.2, 0.25) is 0 Å². The van der Waals surface area contributed by atoms with Gasteiger partial charge in [-0.05, 0) is 43.7 Å². The molecule has 1 unspecified atom stereocenters. The zero-order valence-electron chi connectivity index (χ0n) is 18.7. The minimum atomic E-state index is -1.18. The SMILES string of the molecule is CCC(C)NC(=O)N[C@@]1(C(=O)N[C@H](C(N)=O)C(C)C)CCc2[nH]c3ccccc3c2C1. The highest BCUT2D eigenvalue weighted by Gasteiger charge is 2.45. The molecule has 0 saturated heterocycles. The molecule has 0 saturated carbocycles. The molecule has 1 aromatic carbocycles. The number of fused-ring (bicyclic) bond motifs is 3. The third-order valence-electron chi connectivity index (χ3n) is 6.22. The van der Waals surface area contributed by atoms with E-state index < -0.39 is 23.5 Å². The van der Waals surface area contributed by atoms with E-state index in [1.165, 1.54) is 0 Å². The van der Waals surface area contributed by atoms with Crippen LogP contribution in [0, 0.1) is 5.92 Å². The molecule has 6 N–H and O–H groups in total. The van der Waals surface area contributed by atoms with E-state index in [0.29, 0.717) is 19.3 Å². The Morgan fingerprint density at radius 1 is 1.16 bits per heavy atom. The molecule has 0 fully saturated rings. The minimum absolute atomic E-state index is 0.0265. The fourth-order valence-corrected chi connectivity index (χ4v) is 4.18. The average molecular weight is 428 g/mol. The number of primary amides is 1. The van der Waals surface area contributed by atoms with Crippen LogP contribution in [-0.2, 0) is 22.4 Å². The summed E-state index contributed by atoms with van der Waals surface area (Å²) < 4.78 is 0. The lowest BCUT2D eigenvalue weighted by atomic mass is 9.78. The van der Waals surface area contributed by atoms with E-state index in [0.717, 1.165) is 28.6 Å². The van der Waals surface area contributed by atoms with Crippen LogP contribution in [0.3, 0.4) is 0 Å². The third kappa shape index (κ3) is 4.68. The van der Waals surface area contributed by atoms with Gasteiger partial charge in [0, 0.05) is 29.1 Å². The quantitative estimate of drug-likeness (QED) is 0.464. The molecule has 1 heterocycles. The summed E-state index contributed by atoms with van der Waals surface area (Å²) in [5.41, 5.74) is 7.43. The summed E-state index contributed by atoms with van der Waals surface area (Å²) in [4.78, 5) is 41.6. The molecule has 8 nitrogen and oxygen atoms in total. The zero-order chi connectivity index (χ0) is 22.8. The molecule has 31 heavy (non-hydrogen) atoms. The fraction of sp³-hybridized carbons (Fsp3) is 0.522. The number of para-hydroxylation sites is 1. The number of rotatable bonds is 7. The van der Waals surface area contributed by atoms with Crippen molar-refractivity contribution in [3.05, 3.63) is 35.5 Å². The van der Waals surface area contributed by atoms with Crippen LogP contribution in [0.4, 0.5) is 4.79 Å². The molecule has 1 aliphatic carbocycles. The number of carbonyl (C=O) groups is 3. The number of nitrogens with two attached hydrogens (primary N) is 1. The van der Waals surface area contributed by atoms with E-state index >= 15 is 0 Å². The molecule has 0 radical (unpaired) electrons. The lowest BCUT2D eigenvalue weighted by Crippen LogP contribution is -2.66. The molecule has 1 aliphatic rings. The standard InChI is InChI=1S/C23H33N5O3/c1-5-14(4)25-22(31)28-23(21(30)27-19(13(2)3)20(24)29)11-10-18-16(12-23)15-8-6-7-9-17(15)26-18/h6-9,13-14,19,26H,5,10-12H2,1-4H3,(H2,24,29)(H,27,30)(H2,25,28,31)/t14?,19-,23-/m0/s1. The summed E-state index contributed by atoms with van der Waals surface area (Å²) in [6, 6.07) is 6.70. The molecule has 4 amide bonds. The molecule has 2 aromatic rings. The van der Waals surface area contributed by atoms with E-state index in [-0.39, 0.29) is 17.9 Å². The first-order valence-electron chi connectivity index (χ1n) is 10.9. The number of urea groups is 1. The Hall–Kier alpha value is -3.03. The predicted molar refractivity (Wildman–Crippen MR) is 120 cm³/mol. The number of carbonyl (C=O) groups excluding carboxylic acids is 3. The first-order chi connectivity index (χ1) is 14.7. The number of aryl methyl sites for hydroxylation is 1. The Kier molecular flexibility index (Phi) is 6.57. The Bertz CT molecular complexity index is 983. The largest absolute Gasteiger partial charge is 0.368 e. The van der Waals surface area contributed by atoms with Crippen molar-refractivity contribution >= 4 is 28.7 Å². The van der Waals surface area contributed by atoms with Gasteiger partial charge in [0.1, 0.15) is 11.6 Å². The summed E-state index contributed by atoms with van der Waals surface area (Å²) in [6.45, 7) is 7.54. The topological polar surface area (TPSA) is 129 Å². The van der Waals surface area contributed by atoms with Gasteiger partial charge in [-0.3, -0.25) is 9.59 Å². The highest BCUT2D eigenvalue weighted by molar-refractivity contribution is 5.96. The normalized spacial score (nSPS) is 20.0. The second-order valence-electron chi connectivity index (χ2n) is 8.89. The average Bonchev–Trinajstić information content (AvgIpc) is 3.08. The highest BCUT2D eigenvalue weighted by atomic mass is 16.2. The van der Waals surface area contributed by atoms with Gasteiger partial charge in [0.25, 0.3) is 0 Å². The Balaban J connectivity index is 1.96. The minimum Gasteiger partial charge on any atom is -0.368 e. The Morgan fingerprint density at radius 3 is 2.52 bits per heavy atom. The monoisotopic (exact) mass is 427 g/mol.